The summed E-state index contributed by atoms with van der Waals surface area (Å²) in [4.78, 5) is 63.0. The topological polar surface area (TPSA) is 207 Å². The van der Waals surface area contributed by atoms with Gasteiger partial charge in [-0.15, -0.1) is 0 Å². The van der Waals surface area contributed by atoms with Crippen molar-refractivity contribution in [3.05, 3.63) is 98.5 Å². The van der Waals surface area contributed by atoms with Gasteiger partial charge in [0.2, 0.25) is 5.91 Å². The average Bonchev–Trinajstić information content (AvgIpc) is 3.22. The predicted molar refractivity (Wildman–Crippen MR) is 228 cm³/mol. The first-order chi connectivity index (χ1) is 30.4. The van der Waals surface area contributed by atoms with E-state index >= 15 is 0 Å². The smallest absolute Gasteiger partial charge is 0.303 e. The number of hydrogen-bond donors (Lipinski definition) is 1. The first-order valence-electron chi connectivity index (χ1n) is 19.9. The van der Waals surface area contributed by atoms with E-state index in [0.717, 1.165) is 27.7 Å². The van der Waals surface area contributed by atoms with Crippen LogP contribution in [-0.2, 0) is 94.5 Å². The van der Waals surface area contributed by atoms with Gasteiger partial charge in [-0.25, -0.2) is 0 Å². The molecule has 0 aromatic heterocycles. The highest BCUT2D eigenvalue weighted by molar-refractivity contribution is 7.84. The molecule has 3 aromatic carbocycles. The third-order valence-electron chi connectivity index (χ3n) is 9.88. The molecule has 0 aliphatic carbocycles. The summed E-state index contributed by atoms with van der Waals surface area (Å²) >= 11 is 18.9. The van der Waals surface area contributed by atoms with Gasteiger partial charge in [0.15, 0.2) is 43.3 Å². The molecule has 0 saturated carbocycles. The minimum Gasteiger partial charge on any atom is -0.455 e. The second kappa shape index (κ2) is 22.3. The van der Waals surface area contributed by atoms with Crippen LogP contribution in [0.2, 0.25) is 15.1 Å². The maximum absolute atomic E-state index is 14.1. The third-order valence-corrected chi connectivity index (χ3v) is 12.1. The van der Waals surface area contributed by atoms with Crippen molar-refractivity contribution in [3.8, 4) is 0 Å². The molecule has 0 radical (unpaired) electrons. The van der Waals surface area contributed by atoms with Gasteiger partial charge in [0.1, 0.15) is 24.4 Å². The Balaban J connectivity index is 1.38. The van der Waals surface area contributed by atoms with E-state index in [1.807, 2.05) is 6.07 Å². The SMILES string of the molecule is CC(=O)Nc1cc(CO[C@@H]2O[C@H](CS(=O)Cc3ccc(Cl)cc3Cl)[C@@H](O[C@H]3O[C@@H]4COC(c5ccccc5)O[C@H]4[C@H](OC(C)=O)[C@H]3OC(C)=O)[C@H](OC(C)=O)[C@H]2OC(C)=O)ccc1Cl. The number of anilines is 1. The number of fused-ring (bicyclic) bond motifs is 1. The molecular weight excluding hydrogens is 925 g/mol. The summed E-state index contributed by atoms with van der Waals surface area (Å²) < 4.78 is 75.3. The molecule has 3 aliphatic heterocycles. The van der Waals surface area contributed by atoms with Gasteiger partial charge in [-0.3, -0.25) is 28.2 Å². The molecule has 0 spiro atoms. The fourth-order valence-electron chi connectivity index (χ4n) is 7.37. The van der Waals surface area contributed by atoms with Crippen LogP contribution in [0.3, 0.4) is 0 Å². The van der Waals surface area contributed by atoms with E-state index in [1.54, 1.807) is 48.5 Å². The number of esters is 4. The number of benzene rings is 3. The van der Waals surface area contributed by atoms with Crippen molar-refractivity contribution in [2.45, 2.75) is 115 Å². The van der Waals surface area contributed by atoms with Crippen molar-refractivity contribution in [2.75, 3.05) is 17.7 Å². The van der Waals surface area contributed by atoms with Crippen molar-refractivity contribution in [3.63, 3.8) is 0 Å². The monoisotopic (exact) mass is 969 g/mol. The lowest BCUT2D eigenvalue weighted by Crippen LogP contribution is -2.67. The van der Waals surface area contributed by atoms with Gasteiger partial charge in [0.05, 0.1) is 35.4 Å². The van der Waals surface area contributed by atoms with Crippen molar-refractivity contribution in [1.29, 1.82) is 0 Å². The Hall–Kier alpha value is -4.21. The lowest BCUT2D eigenvalue weighted by molar-refractivity contribution is -0.384. The van der Waals surface area contributed by atoms with E-state index in [2.05, 4.69) is 5.32 Å². The quantitative estimate of drug-likeness (QED) is 0.142. The number of rotatable bonds is 15. The van der Waals surface area contributed by atoms with Gasteiger partial charge in [-0.2, -0.15) is 0 Å². The van der Waals surface area contributed by atoms with Crippen molar-refractivity contribution >= 4 is 81.1 Å². The molecule has 3 saturated heterocycles. The Morgan fingerprint density at radius 3 is 1.98 bits per heavy atom. The summed E-state index contributed by atoms with van der Waals surface area (Å²) in [6, 6.07) is 18.4. The molecule has 3 heterocycles. The lowest BCUT2D eigenvalue weighted by atomic mass is 9.95. The minimum atomic E-state index is -1.82. The van der Waals surface area contributed by atoms with Gasteiger partial charge in [0, 0.05) is 61.0 Å². The largest absolute Gasteiger partial charge is 0.455 e. The second-order valence-electron chi connectivity index (χ2n) is 15.0. The highest BCUT2D eigenvalue weighted by atomic mass is 35.5. The Bertz CT molecular complexity index is 2200. The summed E-state index contributed by atoms with van der Waals surface area (Å²) in [5, 5.41) is 3.51. The average molecular weight is 971 g/mol. The van der Waals surface area contributed by atoms with Crippen LogP contribution in [0.4, 0.5) is 5.69 Å². The summed E-state index contributed by atoms with van der Waals surface area (Å²) in [6.45, 7) is 5.50. The van der Waals surface area contributed by atoms with Crippen LogP contribution in [0.25, 0.3) is 0 Å². The zero-order chi connectivity index (χ0) is 46.2. The molecule has 21 heteroatoms. The molecule has 0 bridgehead atoms. The van der Waals surface area contributed by atoms with Crippen LogP contribution in [0.5, 0.6) is 0 Å². The fraction of sp³-hybridized carbons (Fsp3) is 0.465. The third kappa shape index (κ3) is 13.0. The summed E-state index contributed by atoms with van der Waals surface area (Å²) in [7, 11) is -1.82. The standard InChI is InChI=1S/C43H46Cl3NO16S/c1-21(48)47-32-15-26(11-14-30(32)45)17-54-42-39(58-24(4)51)38(57-23(3)50)36(34(61-42)20-64(53)19-28-12-13-29(44)16-31(28)46)63-43-40(59-25(5)52)37(56-22(2)49)35-33(60-43)18-55-41(62-35)27-9-7-6-8-10-27/h6-16,33-43H,17-20H2,1-5H3,(H,47,48)/t33-,34-,35-,36-,37+,38+,39-,40-,41?,42-,43-,64?/m1/s1. The second-order valence-corrected chi connectivity index (χ2v) is 17.7. The number of hydrogen-bond acceptors (Lipinski definition) is 16. The van der Waals surface area contributed by atoms with E-state index in [0.29, 0.717) is 27.4 Å². The maximum Gasteiger partial charge on any atom is 0.303 e. The van der Waals surface area contributed by atoms with Crippen LogP contribution in [0.15, 0.2) is 66.7 Å². The Morgan fingerprint density at radius 2 is 1.34 bits per heavy atom. The predicted octanol–water partition coefficient (Wildman–Crippen LogP) is 5.75. The molecule has 1 amide bonds. The Morgan fingerprint density at radius 1 is 0.703 bits per heavy atom. The van der Waals surface area contributed by atoms with Gasteiger partial charge in [0.25, 0.3) is 0 Å². The van der Waals surface area contributed by atoms with Gasteiger partial charge in [-0.05, 0) is 35.4 Å². The fourth-order valence-corrected chi connectivity index (χ4v) is 9.44. The zero-order valence-corrected chi connectivity index (χ0v) is 38.2. The number of ether oxygens (including phenoxy) is 10. The van der Waals surface area contributed by atoms with Gasteiger partial charge >= 0.3 is 23.9 Å². The molecule has 64 heavy (non-hydrogen) atoms. The molecule has 3 aromatic rings. The number of nitrogens with one attached hydrogen (secondary N) is 1. The number of carbonyl (C=O) groups excluding carboxylic acids is 5. The number of carbonyl (C=O) groups is 5. The van der Waals surface area contributed by atoms with Crippen molar-refractivity contribution in [2.24, 2.45) is 0 Å². The van der Waals surface area contributed by atoms with E-state index in [-0.39, 0.29) is 40.7 Å². The van der Waals surface area contributed by atoms with Crippen LogP contribution in [0, 0.1) is 0 Å². The molecule has 12 atom stereocenters. The van der Waals surface area contributed by atoms with E-state index < -0.39 is 102 Å². The zero-order valence-electron chi connectivity index (χ0n) is 35.1. The molecule has 3 fully saturated rings. The maximum atomic E-state index is 14.1. The normalized spacial score (nSPS) is 28.2. The minimum absolute atomic E-state index is 0.0953. The van der Waals surface area contributed by atoms with Crippen molar-refractivity contribution < 1.29 is 75.6 Å². The van der Waals surface area contributed by atoms with Crippen LogP contribution >= 0.6 is 34.8 Å². The lowest BCUT2D eigenvalue weighted by Gasteiger charge is -2.50. The summed E-state index contributed by atoms with van der Waals surface area (Å²) in [5.74, 6) is -4.04. The van der Waals surface area contributed by atoms with Crippen LogP contribution in [0.1, 0.15) is 57.6 Å². The Kier molecular flexibility index (Phi) is 17.2. The van der Waals surface area contributed by atoms with Crippen LogP contribution in [-0.4, -0.2) is 108 Å². The van der Waals surface area contributed by atoms with E-state index in [1.165, 1.54) is 19.1 Å². The molecule has 2 unspecified atom stereocenters. The molecule has 6 rings (SSSR count). The van der Waals surface area contributed by atoms with Crippen molar-refractivity contribution in [1.82, 2.24) is 0 Å². The van der Waals surface area contributed by atoms with E-state index in [9.17, 15) is 28.2 Å². The highest BCUT2D eigenvalue weighted by Gasteiger charge is 2.58. The van der Waals surface area contributed by atoms with Crippen LogP contribution < -0.4 is 5.32 Å². The Labute approximate surface area is 385 Å². The first kappa shape index (κ1) is 49.2. The molecule has 17 nitrogen and oxygen atoms in total. The van der Waals surface area contributed by atoms with E-state index in [4.69, 9.17) is 82.2 Å². The number of halogens is 3. The number of amides is 1. The summed E-state index contributed by atoms with van der Waals surface area (Å²) in [6.07, 6.45) is -15.0. The molecular formula is C43H46Cl3NO16S. The molecule has 346 valence electrons. The van der Waals surface area contributed by atoms with Gasteiger partial charge < -0.3 is 52.7 Å². The molecule has 3 aliphatic rings. The highest BCUT2D eigenvalue weighted by Crippen LogP contribution is 2.40. The van der Waals surface area contributed by atoms with Gasteiger partial charge in [-0.1, -0.05) is 77.3 Å². The molecule has 1 N–H and O–H groups in total. The first-order valence-corrected chi connectivity index (χ1v) is 22.5. The summed E-state index contributed by atoms with van der Waals surface area (Å²) in [5.41, 5.74) is 1.94.